The zero-order valence-electron chi connectivity index (χ0n) is 14.5. The van der Waals surface area contributed by atoms with Crippen LogP contribution in [0.15, 0.2) is 83.8 Å². The normalized spacial score (nSPS) is 11.6. The molecule has 0 aliphatic carbocycles. The van der Waals surface area contributed by atoms with Crippen molar-refractivity contribution in [2.45, 2.75) is 11.4 Å². The first kappa shape index (κ1) is 18.6. The third kappa shape index (κ3) is 3.50. The van der Waals surface area contributed by atoms with Crippen molar-refractivity contribution in [2.75, 3.05) is 4.31 Å². The van der Waals surface area contributed by atoms with E-state index in [9.17, 15) is 17.2 Å². The molecular formula is C21H15F2NO2S2. The van der Waals surface area contributed by atoms with Crippen LogP contribution in [0.1, 0.15) is 5.56 Å². The van der Waals surface area contributed by atoms with Crippen LogP contribution < -0.4 is 4.31 Å². The fourth-order valence-corrected chi connectivity index (χ4v) is 5.64. The van der Waals surface area contributed by atoms with Crippen molar-refractivity contribution in [2.24, 2.45) is 0 Å². The summed E-state index contributed by atoms with van der Waals surface area (Å²) in [6.45, 7) is -0.110. The SMILES string of the molecule is O=S(=O)(c1ccccc1)N(Cc1ccc(F)c(F)c1)c1cc2ccccc2s1. The summed E-state index contributed by atoms with van der Waals surface area (Å²) in [5, 5.41) is 1.43. The van der Waals surface area contributed by atoms with Gasteiger partial charge in [-0.1, -0.05) is 42.5 Å². The van der Waals surface area contributed by atoms with Crippen LogP contribution in [0.3, 0.4) is 0 Å². The molecule has 0 fully saturated rings. The largest absolute Gasteiger partial charge is 0.265 e. The number of nitrogens with zero attached hydrogens (tertiary/aromatic N) is 1. The van der Waals surface area contributed by atoms with Crippen molar-refractivity contribution in [3.63, 3.8) is 0 Å². The monoisotopic (exact) mass is 415 g/mol. The lowest BCUT2D eigenvalue weighted by Crippen LogP contribution is -2.30. The number of halogens is 2. The molecule has 1 heterocycles. The number of thiophene rings is 1. The van der Waals surface area contributed by atoms with E-state index in [0.717, 1.165) is 22.2 Å². The van der Waals surface area contributed by atoms with Gasteiger partial charge in [0.15, 0.2) is 11.6 Å². The summed E-state index contributed by atoms with van der Waals surface area (Å²) >= 11 is 1.33. The Balaban J connectivity index is 1.83. The van der Waals surface area contributed by atoms with Crippen LogP contribution in [0.5, 0.6) is 0 Å². The Morgan fingerprint density at radius 1 is 0.821 bits per heavy atom. The number of fused-ring (bicyclic) bond motifs is 1. The Bertz CT molecular complexity index is 1200. The van der Waals surface area contributed by atoms with Gasteiger partial charge in [0.05, 0.1) is 11.4 Å². The van der Waals surface area contributed by atoms with E-state index in [4.69, 9.17) is 0 Å². The molecule has 4 aromatic rings. The van der Waals surface area contributed by atoms with Crippen molar-refractivity contribution in [1.82, 2.24) is 0 Å². The molecule has 142 valence electrons. The van der Waals surface area contributed by atoms with Gasteiger partial charge in [-0.05, 0) is 47.3 Å². The van der Waals surface area contributed by atoms with Crippen LogP contribution in [-0.4, -0.2) is 8.42 Å². The van der Waals surface area contributed by atoms with Crippen LogP contribution in [-0.2, 0) is 16.6 Å². The highest BCUT2D eigenvalue weighted by Crippen LogP contribution is 2.36. The van der Waals surface area contributed by atoms with Gasteiger partial charge in [-0.25, -0.2) is 17.2 Å². The van der Waals surface area contributed by atoms with Crippen molar-refractivity contribution in [1.29, 1.82) is 0 Å². The van der Waals surface area contributed by atoms with Gasteiger partial charge >= 0.3 is 0 Å². The van der Waals surface area contributed by atoms with E-state index < -0.39 is 21.7 Å². The summed E-state index contributed by atoms with van der Waals surface area (Å²) in [7, 11) is -3.90. The first-order chi connectivity index (χ1) is 13.4. The maximum Gasteiger partial charge on any atom is 0.265 e. The summed E-state index contributed by atoms with van der Waals surface area (Å²) in [5.74, 6) is -1.98. The van der Waals surface area contributed by atoms with Gasteiger partial charge < -0.3 is 0 Å². The van der Waals surface area contributed by atoms with Gasteiger partial charge in [-0.15, -0.1) is 11.3 Å². The predicted molar refractivity (Wildman–Crippen MR) is 108 cm³/mol. The number of anilines is 1. The topological polar surface area (TPSA) is 37.4 Å². The lowest BCUT2D eigenvalue weighted by Gasteiger charge is -2.23. The molecule has 7 heteroatoms. The zero-order chi connectivity index (χ0) is 19.7. The second-order valence-corrected chi connectivity index (χ2v) is 9.12. The van der Waals surface area contributed by atoms with Crippen molar-refractivity contribution >= 4 is 36.4 Å². The Kier molecular flexibility index (Phi) is 4.87. The van der Waals surface area contributed by atoms with Crippen LogP contribution in [0.25, 0.3) is 10.1 Å². The summed E-state index contributed by atoms with van der Waals surface area (Å²) in [5.41, 5.74) is 0.357. The molecule has 0 aliphatic rings. The number of sulfonamides is 1. The average Bonchev–Trinajstić information content (AvgIpc) is 3.13. The number of hydrogen-bond acceptors (Lipinski definition) is 3. The predicted octanol–water partition coefficient (Wildman–Crippen LogP) is 5.58. The lowest BCUT2D eigenvalue weighted by molar-refractivity contribution is 0.507. The van der Waals surface area contributed by atoms with E-state index in [1.165, 1.54) is 33.8 Å². The Hall–Kier alpha value is -2.77. The molecule has 0 saturated heterocycles. The van der Waals surface area contributed by atoms with Gasteiger partial charge in [0, 0.05) is 4.70 Å². The van der Waals surface area contributed by atoms with E-state index in [0.29, 0.717) is 10.6 Å². The molecule has 3 aromatic carbocycles. The second-order valence-electron chi connectivity index (χ2n) is 6.20. The van der Waals surface area contributed by atoms with Crippen molar-refractivity contribution in [3.05, 3.63) is 96.1 Å². The Labute approximate surface area is 165 Å². The van der Waals surface area contributed by atoms with E-state index in [1.54, 1.807) is 24.3 Å². The lowest BCUT2D eigenvalue weighted by atomic mass is 10.2. The van der Waals surface area contributed by atoms with E-state index >= 15 is 0 Å². The van der Waals surface area contributed by atoms with Crippen LogP contribution in [0.4, 0.5) is 13.8 Å². The summed E-state index contributed by atoms with van der Waals surface area (Å²) in [6.07, 6.45) is 0. The molecule has 0 aliphatic heterocycles. The molecule has 0 spiro atoms. The van der Waals surface area contributed by atoms with E-state index in [2.05, 4.69) is 0 Å². The Morgan fingerprint density at radius 2 is 1.54 bits per heavy atom. The first-order valence-corrected chi connectivity index (χ1v) is 10.7. The fourth-order valence-electron chi connectivity index (χ4n) is 2.90. The highest BCUT2D eigenvalue weighted by atomic mass is 32.2. The summed E-state index contributed by atoms with van der Waals surface area (Å²) in [6, 6.07) is 20.8. The molecule has 0 radical (unpaired) electrons. The second kappa shape index (κ2) is 7.33. The van der Waals surface area contributed by atoms with Crippen molar-refractivity contribution < 1.29 is 17.2 Å². The standard InChI is InChI=1S/C21H15F2NO2S2/c22-18-11-10-15(12-19(18)23)14-24(28(25,26)17-7-2-1-3-8-17)21-13-16-6-4-5-9-20(16)27-21/h1-13H,14H2. The molecular weight excluding hydrogens is 400 g/mol. The molecule has 0 saturated carbocycles. The molecule has 0 amide bonds. The van der Waals surface area contributed by atoms with Gasteiger partial charge in [-0.2, -0.15) is 0 Å². The minimum Gasteiger partial charge on any atom is -0.253 e. The average molecular weight is 415 g/mol. The number of hydrogen-bond donors (Lipinski definition) is 0. The quantitative estimate of drug-likeness (QED) is 0.427. The molecule has 0 unspecified atom stereocenters. The van der Waals surface area contributed by atoms with Gasteiger partial charge in [0.2, 0.25) is 0 Å². The minimum atomic E-state index is -3.90. The maximum atomic E-state index is 13.7. The van der Waals surface area contributed by atoms with E-state index in [1.807, 2.05) is 24.3 Å². The van der Waals surface area contributed by atoms with Gasteiger partial charge in [0.25, 0.3) is 10.0 Å². The molecule has 3 nitrogen and oxygen atoms in total. The molecule has 0 bridgehead atoms. The summed E-state index contributed by atoms with van der Waals surface area (Å²) < 4.78 is 55.8. The molecule has 28 heavy (non-hydrogen) atoms. The van der Waals surface area contributed by atoms with Crippen LogP contribution >= 0.6 is 11.3 Å². The number of benzene rings is 3. The molecule has 0 N–H and O–H groups in total. The fraction of sp³-hybridized carbons (Fsp3) is 0.0476. The highest BCUT2D eigenvalue weighted by Gasteiger charge is 2.27. The third-order valence-corrected chi connectivity index (χ3v) is 7.33. The third-order valence-electron chi connectivity index (χ3n) is 4.30. The zero-order valence-corrected chi connectivity index (χ0v) is 16.2. The molecule has 1 aromatic heterocycles. The maximum absolute atomic E-state index is 13.7. The van der Waals surface area contributed by atoms with Crippen LogP contribution in [0, 0.1) is 11.6 Å². The van der Waals surface area contributed by atoms with Gasteiger partial charge in [0.1, 0.15) is 5.00 Å². The van der Waals surface area contributed by atoms with Crippen LogP contribution in [0.2, 0.25) is 0 Å². The Morgan fingerprint density at radius 3 is 2.25 bits per heavy atom. The minimum absolute atomic E-state index is 0.110. The molecule has 0 atom stereocenters. The highest BCUT2D eigenvalue weighted by molar-refractivity contribution is 7.93. The first-order valence-electron chi connectivity index (χ1n) is 8.45. The van der Waals surface area contributed by atoms with Gasteiger partial charge in [-0.3, -0.25) is 4.31 Å². The number of rotatable bonds is 5. The summed E-state index contributed by atoms with van der Waals surface area (Å²) in [4.78, 5) is 0.134. The smallest absolute Gasteiger partial charge is 0.253 e. The van der Waals surface area contributed by atoms with E-state index in [-0.39, 0.29) is 11.4 Å². The van der Waals surface area contributed by atoms with Crippen molar-refractivity contribution in [3.8, 4) is 0 Å². The molecule has 4 rings (SSSR count).